The molecule has 1 aliphatic rings. The molecule has 1 unspecified atom stereocenters. The molecule has 5 N–H and O–H groups in total. The Labute approximate surface area is 129 Å². The quantitative estimate of drug-likeness (QED) is 0.639. The second kappa shape index (κ2) is 6.76. The van der Waals surface area contributed by atoms with E-state index in [4.69, 9.17) is 18.0 Å². The molecule has 21 heavy (non-hydrogen) atoms. The molecule has 1 aromatic rings. The summed E-state index contributed by atoms with van der Waals surface area (Å²) in [6, 6.07) is 3.49. The molecule has 0 aromatic heterocycles. The lowest BCUT2D eigenvalue weighted by molar-refractivity contribution is 0.0929. The predicted octanol–water partition coefficient (Wildman–Crippen LogP) is 2.06. The second-order valence-electron chi connectivity index (χ2n) is 5.45. The minimum absolute atomic E-state index is 0.0952. The number of carbonyl (C=O) groups is 1. The summed E-state index contributed by atoms with van der Waals surface area (Å²) in [5, 5.41) is 21.8. The van der Waals surface area contributed by atoms with E-state index in [1.807, 2.05) is 0 Å². The van der Waals surface area contributed by atoms with Gasteiger partial charge in [-0.25, -0.2) is 0 Å². The van der Waals surface area contributed by atoms with Gasteiger partial charge in [-0.15, -0.1) is 0 Å². The Morgan fingerprint density at radius 1 is 1.29 bits per heavy atom. The maximum Gasteiger partial charge on any atom is 0.255 e. The van der Waals surface area contributed by atoms with E-state index in [-0.39, 0.29) is 34.0 Å². The number of nitrogens with one attached hydrogen (secondary N) is 1. The highest BCUT2D eigenvalue weighted by molar-refractivity contribution is 7.80. The van der Waals surface area contributed by atoms with E-state index < -0.39 is 5.91 Å². The van der Waals surface area contributed by atoms with E-state index >= 15 is 0 Å². The molecular formula is C15H20N2O3S. The van der Waals surface area contributed by atoms with E-state index in [0.717, 1.165) is 31.7 Å². The van der Waals surface area contributed by atoms with E-state index in [2.05, 4.69) is 5.32 Å². The minimum atomic E-state index is -0.434. The van der Waals surface area contributed by atoms with Crippen molar-refractivity contribution in [3.63, 3.8) is 0 Å². The minimum Gasteiger partial charge on any atom is -0.508 e. The first-order chi connectivity index (χ1) is 9.99. The molecule has 5 nitrogen and oxygen atoms in total. The molecule has 0 radical (unpaired) electrons. The Morgan fingerprint density at radius 2 is 1.95 bits per heavy atom. The SMILES string of the molecule is NC(=S)C(NC(=O)c1ccc(O)cc1O)C1CCCCC1. The number of amides is 1. The molecule has 1 fully saturated rings. The first-order valence-electron chi connectivity index (χ1n) is 7.11. The number of carbonyl (C=O) groups excluding carboxylic acids is 1. The van der Waals surface area contributed by atoms with Gasteiger partial charge in [0.1, 0.15) is 11.5 Å². The zero-order chi connectivity index (χ0) is 15.4. The van der Waals surface area contributed by atoms with Crippen LogP contribution in [0.3, 0.4) is 0 Å². The molecule has 6 heteroatoms. The van der Waals surface area contributed by atoms with Crippen LogP contribution in [-0.4, -0.2) is 27.2 Å². The van der Waals surface area contributed by atoms with Crippen LogP contribution in [0.15, 0.2) is 18.2 Å². The molecule has 1 aliphatic carbocycles. The van der Waals surface area contributed by atoms with E-state index in [0.29, 0.717) is 0 Å². The van der Waals surface area contributed by atoms with Crippen molar-refractivity contribution in [1.29, 1.82) is 0 Å². The highest BCUT2D eigenvalue weighted by atomic mass is 32.1. The summed E-state index contributed by atoms with van der Waals surface area (Å²) in [5.74, 6) is -0.546. The van der Waals surface area contributed by atoms with Crippen molar-refractivity contribution in [2.45, 2.75) is 38.1 Å². The summed E-state index contributed by atoms with van der Waals surface area (Å²) < 4.78 is 0. The zero-order valence-corrected chi connectivity index (χ0v) is 12.5. The molecule has 0 bridgehead atoms. The van der Waals surface area contributed by atoms with Crippen LogP contribution >= 0.6 is 12.2 Å². The topological polar surface area (TPSA) is 95.6 Å². The predicted molar refractivity (Wildman–Crippen MR) is 84.4 cm³/mol. The molecule has 114 valence electrons. The van der Waals surface area contributed by atoms with Gasteiger partial charge in [-0.1, -0.05) is 31.5 Å². The Kier molecular flexibility index (Phi) is 5.01. The molecule has 1 aromatic carbocycles. The highest BCUT2D eigenvalue weighted by Gasteiger charge is 2.28. The van der Waals surface area contributed by atoms with Gasteiger partial charge in [-0.3, -0.25) is 4.79 Å². The number of phenols is 2. The first kappa shape index (κ1) is 15.6. The summed E-state index contributed by atoms with van der Waals surface area (Å²) in [4.78, 5) is 12.5. The largest absolute Gasteiger partial charge is 0.508 e. The fourth-order valence-corrected chi connectivity index (χ4v) is 3.07. The van der Waals surface area contributed by atoms with Crippen LogP contribution in [0.4, 0.5) is 0 Å². The number of thiocarbonyl (C=S) groups is 1. The molecule has 0 saturated heterocycles. The molecule has 1 saturated carbocycles. The normalized spacial score (nSPS) is 17.1. The molecular weight excluding hydrogens is 288 g/mol. The Hall–Kier alpha value is -1.82. The first-order valence-corrected chi connectivity index (χ1v) is 7.52. The van der Waals surface area contributed by atoms with Gasteiger partial charge < -0.3 is 21.3 Å². The van der Waals surface area contributed by atoms with Crippen molar-refractivity contribution in [3.8, 4) is 11.5 Å². The summed E-state index contributed by atoms with van der Waals surface area (Å²) in [5.41, 5.74) is 5.87. The summed E-state index contributed by atoms with van der Waals surface area (Å²) in [6.07, 6.45) is 5.41. The maximum atomic E-state index is 12.3. The third-order valence-corrected chi connectivity index (χ3v) is 4.19. The molecule has 2 rings (SSSR count). The van der Waals surface area contributed by atoms with Crippen LogP contribution < -0.4 is 11.1 Å². The fourth-order valence-electron chi connectivity index (χ4n) is 2.82. The van der Waals surface area contributed by atoms with Crippen molar-refractivity contribution in [3.05, 3.63) is 23.8 Å². The molecule has 0 spiro atoms. The zero-order valence-electron chi connectivity index (χ0n) is 11.7. The van der Waals surface area contributed by atoms with Gasteiger partial charge in [0.05, 0.1) is 16.6 Å². The van der Waals surface area contributed by atoms with Crippen LogP contribution in [0.25, 0.3) is 0 Å². The van der Waals surface area contributed by atoms with Crippen LogP contribution in [0.1, 0.15) is 42.5 Å². The summed E-state index contributed by atoms with van der Waals surface area (Å²) in [7, 11) is 0. The number of aromatic hydroxyl groups is 2. The van der Waals surface area contributed by atoms with E-state index in [1.165, 1.54) is 18.6 Å². The Bertz CT molecular complexity index is 542. The van der Waals surface area contributed by atoms with Crippen molar-refractivity contribution in [2.75, 3.05) is 0 Å². The van der Waals surface area contributed by atoms with Gasteiger partial charge in [-0.05, 0) is 30.9 Å². The van der Waals surface area contributed by atoms with E-state index in [1.54, 1.807) is 0 Å². The number of phenolic OH excluding ortho intramolecular Hbond substituents is 2. The van der Waals surface area contributed by atoms with Crippen molar-refractivity contribution >= 4 is 23.1 Å². The third kappa shape index (κ3) is 3.85. The average molecular weight is 308 g/mol. The van der Waals surface area contributed by atoms with Gasteiger partial charge in [0.15, 0.2) is 0 Å². The van der Waals surface area contributed by atoms with Gasteiger partial charge in [0, 0.05) is 6.07 Å². The van der Waals surface area contributed by atoms with Crippen LogP contribution in [-0.2, 0) is 0 Å². The summed E-state index contributed by atoms with van der Waals surface area (Å²) >= 11 is 5.08. The second-order valence-corrected chi connectivity index (χ2v) is 5.92. The smallest absolute Gasteiger partial charge is 0.255 e. The average Bonchev–Trinajstić information content (AvgIpc) is 2.45. The molecule has 0 heterocycles. The standard InChI is InChI=1S/C15H20N2O3S/c16-14(21)13(9-4-2-1-3-5-9)17-15(20)11-7-6-10(18)8-12(11)19/h6-9,13,18-19H,1-5H2,(H2,16,21)(H,17,20). The lowest BCUT2D eigenvalue weighted by Crippen LogP contribution is -2.48. The van der Waals surface area contributed by atoms with Gasteiger partial charge in [0.25, 0.3) is 5.91 Å². The van der Waals surface area contributed by atoms with Crippen LogP contribution in [0.2, 0.25) is 0 Å². The Balaban J connectivity index is 2.12. The third-order valence-electron chi connectivity index (χ3n) is 3.94. The van der Waals surface area contributed by atoms with Gasteiger partial charge in [0.2, 0.25) is 0 Å². The lowest BCUT2D eigenvalue weighted by Gasteiger charge is -2.30. The van der Waals surface area contributed by atoms with Crippen molar-refractivity contribution in [1.82, 2.24) is 5.32 Å². The number of hydrogen-bond acceptors (Lipinski definition) is 4. The van der Waals surface area contributed by atoms with Gasteiger partial charge in [-0.2, -0.15) is 0 Å². The van der Waals surface area contributed by atoms with Gasteiger partial charge >= 0.3 is 0 Å². The monoisotopic (exact) mass is 308 g/mol. The van der Waals surface area contributed by atoms with Crippen molar-refractivity contribution < 1.29 is 15.0 Å². The summed E-state index contributed by atoms with van der Waals surface area (Å²) in [6.45, 7) is 0. The van der Waals surface area contributed by atoms with Crippen LogP contribution in [0, 0.1) is 5.92 Å². The lowest BCUT2D eigenvalue weighted by atomic mass is 9.83. The number of nitrogens with two attached hydrogens (primary N) is 1. The van der Waals surface area contributed by atoms with E-state index in [9.17, 15) is 15.0 Å². The molecule has 1 atom stereocenters. The maximum absolute atomic E-state index is 12.3. The molecule has 0 aliphatic heterocycles. The van der Waals surface area contributed by atoms with Crippen LogP contribution in [0.5, 0.6) is 11.5 Å². The highest BCUT2D eigenvalue weighted by Crippen LogP contribution is 2.28. The number of benzene rings is 1. The number of rotatable bonds is 4. The number of hydrogen-bond donors (Lipinski definition) is 4. The Morgan fingerprint density at radius 3 is 2.52 bits per heavy atom. The fraction of sp³-hybridized carbons (Fsp3) is 0.467. The van der Waals surface area contributed by atoms with Crippen molar-refractivity contribution in [2.24, 2.45) is 11.7 Å². The molecule has 1 amide bonds.